The SMILES string of the molecule is [Ir].[Ir].[Pt].[Pt]. The van der Waals surface area contributed by atoms with Gasteiger partial charge in [-0.3, -0.25) is 0 Å². The molecular weight excluding hydrogens is 775 g/mol. The maximum Gasteiger partial charge on any atom is 0 e. The summed E-state index contributed by atoms with van der Waals surface area (Å²) in [4.78, 5) is 0. The Bertz CT molecular complexity index is 4.00. The molecule has 0 atom stereocenters. The topological polar surface area (TPSA) is 0 Å². The Kier molecular flexibility index (Phi) is 130. The van der Waals surface area contributed by atoms with Gasteiger partial charge in [-0.1, -0.05) is 0 Å². The Labute approximate surface area is 81.1 Å². The van der Waals surface area contributed by atoms with Crippen molar-refractivity contribution in [1.29, 1.82) is 0 Å². The minimum Gasteiger partial charge on any atom is 0 e. The first kappa shape index (κ1) is 30.0. The molecule has 4 heavy (non-hydrogen) atoms. The molecule has 0 heterocycles. The predicted molar refractivity (Wildman–Crippen MR) is 0 cm³/mol. The summed E-state index contributed by atoms with van der Waals surface area (Å²) in [6.45, 7) is 0. The van der Waals surface area contributed by atoms with Crippen LogP contribution in [0.3, 0.4) is 0 Å². The predicted octanol–water partition coefficient (Wildman–Crippen LogP) is -0.0100. The molecule has 0 unspecified atom stereocenters. The van der Waals surface area contributed by atoms with E-state index >= 15 is 0 Å². The smallest absolute Gasteiger partial charge is 0 e. The summed E-state index contributed by atoms with van der Waals surface area (Å²) in [6.07, 6.45) is 0. The maximum atomic E-state index is 0. The third-order valence-corrected chi connectivity index (χ3v) is 0. The summed E-state index contributed by atoms with van der Waals surface area (Å²) in [7, 11) is 0. The largest absolute Gasteiger partial charge is 0 e. The Hall–Kier alpha value is 2.68. The molecule has 0 fully saturated rings. The summed E-state index contributed by atoms with van der Waals surface area (Å²) in [5.74, 6) is 0. The van der Waals surface area contributed by atoms with Crippen molar-refractivity contribution in [1.82, 2.24) is 0 Å². The van der Waals surface area contributed by atoms with Crippen molar-refractivity contribution in [2.45, 2.75) is 0 Å². The van der Waals surface area contributed by atoms with Crippen LogP contribution in [0.2, 0.25) is 0 Å². The zero-order valence-electron chi connectivity index (χ0n) is 1.30. The summed E-state index contributed by atoms with van der Waals surface area (Å²) < 4.78 is 0. The second-order valence-electron chi connectivity index (χ2n) is 0. The van der Waals surface area contributed by atoms with E-state index in [-0.39, 0.29) is 82.3 Å². The van der Waals surface area contributed by atoms with Gasteiger partial charge in [-0.15, -0.1) is 0 Å². The van der Waals surface area contributed by atoms with Crippen LogP contribution in [0, 0.1) is 0 Å². The van der Waals surface area contributed by atoms with Crippen LogP contribution in [-0.2, 0) is 82.3 Å². The molecule has 0 saturated heterocycles. The van der Waals surface area contributed by atoms with Crippen LogP contribution >= 0.6 is 0 Å². The summed E-state index contributed by atoms with van der Waals surface area (Å²) in [5.41, 5.74) is 0. The van der Waals surface area contributed by atoms with E-state index < -0.39 is 0 Å². The van der Waals surface area contributed by atoms with Gasteiger partial charge >= 0.3 is 0 Å². The molecule has 0 aliphatic rings. The monoisotopic (exact) mass is 776 g/mol. The van der Waals surface area contributed by atoms with E-state index in [1.807, 2.05) is 0 Å². The van der Waals surface area contributed by atoms with E-state index in [2.05, 4.69) is 0 Å². The number of rotatable bonds is 0. The fourth-order valence-corrected chi connectivity index (χ4v) is 0. The average Bonchev–Trinajstić information content (AvgIpc) is 0. The van der Waals surface area contributed by atoms with Gasteiger partial charge in [0.25, 0.3) is 0 Å². The zero-order valence-corrected chi connectivity index (χ0v) is 10.6. The van der Waals surface area contributed by atoms with Gasteiger partial charge in [-0.2, -0.15) is 0 Å². The van der Waals surface area contributed by atoms with Crippen LogP contribution in [0.15, 0.2) is 0 Å². The van der Waals surface area contributed by atoms with E-state index in [0.29, 0.717) is 0 Å². The maximum absolute atomic E-state index is 0. The van der Waals surface area contributed by atoms with Crippen LogP contribution < -0.4 is 0 Å². The van der Waals surface area contributed by atoms with Crippen molar-refractivity contribution >= 4 is 0 Å². The van der Waals surface area contributed by atoms with Gasteiger partial charge in [-0.05, 0) is 0 Å². The first-order valence-electron chi connectivity index (χ1n) is 0. The van der Waals surface area contributed by atoms with E-state index in [0.717, 1.165) is 0 Å². The Morgan fingerprint density at radius 1 is 0.500 bits per heavy atom. The normalized spacial score (nSPS) is 0. The minimum atomic E-state index is 0. The zero-order chi connectivity index (χ0) is 0. The molecule has 0 aliphatic carbocycles. The van der Waals surface area contributed by atoms with Crippen molar-refractivity contribution in [3.8, 4) is 0 Å². The van der Waals surface area contributed by atoms with Crippen LogP contribution in [0.5, 0.6) is 0 Å². The average molecular weight is 775 g/mol. The minimum absolute atomic E-state index is 0. The molecule has 2 radical (unpaired) electrons. The summed E-state index contributed by atoms with van der Waals surface area (Å²) in [5, 5.41) is 0. The molecule has 4 heteroatoms. The number of hydrogen-bond acceptors (Lipinski definition) is 0. The molecule has 0 rings (SSSR count). The van der Waals surface area contributed by atoms with Gasteiger partial charge in [0.15, 0.2) is 0 Å². The molecule has 0 aliphatic heterocycles. The molecule has 0 aromatic heterocycles. The first-order valence-corrected chi connectivity index (χ1v) is 0. The van der Waals surface area contributed by atoms with Gasteiger partial charge in [0.1, 0.15) is 0 Å². The molecule has 38 valence electrons. The molecule has 0 nitrogen and oxygen atoms in total. The molecule has 0 N–H and O–H groups in total. The van der Waals surface area contributed by atoms with Crippen molar-refractivity contribution in [3.63, 3.8) is 0 Å². The van der Waals surface area contributed by atoms with Gasteiger partial charge < -0.3 is 0 Å². The quantitative estimate of drug-likeness (QED) is 0.326. The van der Waals surface area contributed by atoms with Crippen molar-refractivity contribution in [2.75, 3.05) is 0 Å². The Balaban J connectivity index is 0. The number of hydrogen-bond donors (Lipinski definition) is 0. The van der Waals surface area contributed by atoms with Gasteiger partial charge in [-0.25, -0.2) is 0 Å². The summed E-state index contributed by atoms with van der Waals surface area (Å²) >= 11 is 0. The van der Waals surface area contributed by atoms with Crippen molar-refractivity contribution in [3.05, 3.63) is 0 Å². The molecule has 0 aromatic rings. The molecule has 0 bridgehead atoms. The Morgan fingerprint density at radius 2 is 0.500 bits per heavy atom. The second kappa shape index (κ2) is 17.3. The standard InChI is InChI=1S/2Ir.2Pt. The fourth-order valence-electron chi connectivity index (χ4n) is 0. The molecule has 0 amide bonds. The van der Waals surface area contributed by atoms with Crippen LogP contribution in [-0.4, -0.2) is 0 Å². The molecule has 0 aromatic carbocycles. The van der Waals surface area contributed by atoms with E-state index in [1.54, 1.807) is 0 Å². The molecule has 0 saturated carbocycles. The Morgan fingerprint density at radius 3 is 0.500 bits per heavy atom. The van der Waals surface area contributed by atoms with E-state index in [9.17, 15) is 0 Å². The first-order chi connectivity index (χ1) is 0. The third kappa shape index (κ3) is 8.82. The van der Waals surface area contributed by atoms with Crippen LogP contribution in [0.1, 0.15) is 0 Å². The third-order valence-electron chi connectivity index (χ3n) is 0. The van der Waals surface area contributed by atoms with Crippen molar-refractivity contribution in [2.24, 2.45) is 0 Å². The fraction of sp³-hybridized carbons (Fsp3) is 0. The van der Waals surface area contributed by atoms with Gasteiger partial charge in [0.2, 0.25) is 0 Å². The molecule has 0 spiro atoms. The second-order valence-corrected chi connectivity index (χ2v) is 0. The summed E-state index contributed by atoms with van der Waals surface area (Å²) in [6, 6.07) is 0. The van der Waals surface area contributed by atoms with Gasteiger partial charge in [0, 0.05) is 82.3 Å². The van der Waals surface area contributed by atoms with E-state index in [1.165, 1.54) is 0 Å². The van der Waals surface area contributed by atoms with Crippen molar-refractivity contribution < 1.29 is 82.3 Å². The van der Waals surface area contributed by atoms with Crippen LogP contribution in [0.4, 0.5) is 0 Å². The van der Waals surface area contributed by atoms with Crippen LogP contribution in [0.25, 0.3) is 0 Å². The molecular formula is Ir2Pt2. The van der Waals surface area contributed by atoms with Gasteiger partial charge in [0.05, 0.1) is 0 Å². The van der Waals surface area contributed by atoms with E-state index in [4.69, 9.17) is 0 Å².